The number of hydrogen-bond donors (Lipinski definition) is 1. The first-order chi connectivity index (χ1) is 9.84. The largest absolute Gasteiger partial charge is 0.336 e. The van der Waals surface area contributed by atoms with Crippen LogP contribution in [0.2, 0.25) is 0 Å². The lowest BCUT2D eigenvalue weighted by Crippen LogP contribution is -2.30. The topological polar surface area (TPSA) is 45.2 Å². The van der Waals surface area contributed by atoms with E-state index in [-0.39, 0.29) is 18.4 Å². The molecule has 2 aliphatic rings. The molecule has 2 saturated heterocycles. The smallest absolute Gasteiger partial charge is 0.223 e. The van der Waals surface area contributed by atoms with Crippen LogP contribution in [0.25, 0.3) is 0 Å². The van der Waals surface area contributed by atoms with Gasteiger partial charge in [-0.2, -0.15) is 0 Å². The maximum absolute atomic E-state index is 12.5. The van der Waals surface area contributed by atoms with Crippen molar-refractivity contribution in [3.8, 4) is 0 Å². The zero-order valence-corrected chi connectivity index (χ0v) is 13.1. The predicted octanol–water partition coefficient (Wildman–Crippen LogP) is 2.56. The summed E-state index contributed by atoms with van der Waals surface area (Å²) in [7, 11) is 0. The molecule has 116 valence electrons. The fourth-order valence-electron chi connectivity index (χ4n) is 3.43. The van der Waals surface area contributed by atoms with Gasteiger partial charge in [-0.15, -0.1) is 12.4 Å². The van der Waals surface area contributed by atoms with Gasteiger partial charge >= 0.3 is 0 Å². The highest BCUT2D eigenvalue weighted by Gasteiger charge is 2.30. The lowest BCUT2D eigenvalue weighted by atomic mass is 10.0. The van der Waals surface area contributed by atoms with Gasteiger partial charge in [0.1, 0.15) is 0 Å². The number of carbonyl (C=O) groups is 1. The predicted molar refractivity (Wildman–Crippen MR) is 85.4 cm³/mol. The van der Waals surface area contributed by atoms with Crippen molar-refractivity contribution in [1.29, 1.82) is 0 Å². The van der Waals surface area contributed by atoms with E-state index < -0.39 is 0 Å². The molecule has 0 aromatic carbocycles. The monoisotopic (exact) mass is 309 g/mol. The number of nitrogens with zero attached hydrogens (tertiary/aromatic N) is 2. The molecule has 2 aliphatic heterocycles. The number of aromatic nitrogens is 1. The van der Waals surface area contributed by atoms with E-state index in [1.165, 1.54) is 12.0 Å². The number of nitrogens with one attached hydrogen (secondary N) is 1. The van der Waals surface area contributed by atoms with Crippen molar-refractivity contribution >= 4 is 18.3 Å². The summed E-state index contributed by atoms with van der Waals surface area (Å²) in [5.41, 5.74) is 1.23. The number of carbonyl (C=O) groups excluding carboxylic acids is 1. The summed E-state index contributed by atoms with van der Waals surface area (Å²) in [6.07, 6.45) is 8.80. The third-order valence-corrected chi connectivity index (χ3v) is 4.59. The first kappa shape index (κ1) is 16.2. The molecule has 4 nitrogen and oxygen atoms in total. The Hall–Kier alpha value is -1.13. The first-order valence-electron chi connectivity index (χ1n) is 7.74. The lowest BCUT2D eigenvalue weighted by Gasteiger charge is -2.25. The maximum atomic E-state index is 12.5. The Morgan fingerprint density at radius 3 is 2.86 bits per heavy atom. The SMILES string of the molecule is Cl.O=C(CCC1CCNC1)N1CCCC1c1ccncc1. The van der Waals surface area contributed by atoms with Crippen molar-refractivity contribution in [1.82, 2.24) is 15.2 Å². The second-order valence-corrected chi connectivity index (χ2v) is 5.92. The van der Waals surface area contributed by atoms with Crippen LogP contribution >= 0.6 is 12.4 Å². The maximum Gasteiger partial charge on any atom is 0.223 e. The highest BCUT2D eigenvalue weighted by atomic mass is 35.5. The van der Waals surface area contributed by atoms with Gasteiger partial charge in [0.05, 0.1) is 6.04 Å². The van der Waals surface area contributed by atoms with Crippen LogP contribution in [0, 0.1) is 5.92 Å². The van der Waals surface area contributed by atoms with Crippen LogP contribution in [-0.4, -0.2) is 35.4 Å². The summed E-state index contributed by atoms with van der Waals surface area (Å²) in [5.74, 6) is 1.03. The molecule has 0 saturated carbocycles. The summed E-state index contributed by atoms with van der Waals surface area (Å²) < 4.78 is 0. The highest BCUT2D eigenvalue weighted by molar-refractivity contribution is 5.85. The van der Waals surface area contributed by atoms with Crippen molar-refractivity contribution in [2.75, 3.05) is 19.6 Å². The van der Waals surface area contributed by atoms with Gasteiger partial charge in [0.25, 0.3) is 0 Å². The minimum atomic E-state index is 0. The summed E-state index contributed by atoms with van der Waals surface area (Å²) in [5, 5.41) is 3.37. The van der Waals surface area contributed by atoms with Gasteiger partial charge in [-0.1, -0.05) is 0 Å². The molecular weight excluding hydrogens is 286 g/mol. The van der Waals surface area contributed by atoms with Gasteiger partial charge in [-0.05, 0) is 62.4 Å². The Kier molecular flexibility index (Phi) is 6.00. The van der Waals surface area contributed by atoms with Crippen LogP contribution in [0.15, 0.2) is 24.5 Å². The van der Waals surface area contributed by atoms with Gasteiger partial charge < -0.3 is 10.2 Å². The second-order valence-electron chi connectivity index (χ2n) is 5.92. The minimum Gasteiger partial charge on any atom is -0.336 e. The summed E-state index contributed by atoms with van der Waals surface area (Å²) in [6, 6.07) is 4.35. The van der Waals surface area contributed by atoms with E-state index in [9.17, 15) is 4.79 Å². The second kappa shape index (κ2) is 7.76. The zero-order chi connectivity index (χ0) is 13.8. The molecule has 1 aromatic heterocycles. The summed E-state index contributed by atoms with van der Waals surface area (Å²) in [4.78, 5) is 18.6. The molecule has 1 N–H and O–H groups in total. The Bertz CT molecular complexity index is 448. The third kappa shape index (κ3) is 3.95. The summed E-state index contributed by atoms with van der Waals surface area (Å²) in [6.45, 7) is 3.11. The molecule has 21 heavy (non-hydrogen) atoms. The van der Waals surface area contributed by atoms with E-state index in [0.29, 0.717) is 18.2 Å². The van der Waals surface area contributed by atoms with Crippen molar-refractivity contribution in [3.05, 3.63) is 30.1 Å². The standard InChI is InChI=1S/C16H23N3O.ClH/c20-16(4-3-13-5-8-18-12-13)19-11-1-2-15(19)14-6-9-17-10-7-14;/h6-7,9-10,13,15,18H,1-5,8,11-12H2;1H. The fraction of sp³-hybridized carbons (Fsp3) is 0.625. The minimum absolute atomic E-state index is 0. The van der Waals surface area contributed by atoms with Crippen LogP contribution in [0.1, 0.15) is 43.7 Å². The van der Waals surface area contributed by atoms with Crippen LogP contribution in [-0.2, 0) is 4.79 Å². The molecule has 0 radical (unpaired) electrons. The van der Waals surface area contributed by atoms with Gasteiger partial charge in [0.2, 0.25) is 5.91 Å². The van der Waals surface area contributed by atoms with Gasteiger partial charge in [0.15, 0.2) is 0 Å². The molecule has 3 heterocycles. The molecule has 3 rings (SSSR count). The number of hydrogen-bond acceptors (Lipinski definition) is 3. The molecule has 2 unspecified atom stereocenters. The molecule has 5 heteroatoms. The molecule has 1 aromatic rings. The van der Waals surface area contributed by atoms with Crippen LogP contribution in [0.4, 0.5) is 0 Å². The van der Waals surface area contributed by atoms with Crippen LogP contribution < -0.4 is 5.32 Å². The zero-order valence-electron chi connectivity index (χ0n) is 12.3. The average Bonchev–Trinajstić information content (AvgIpc) is 3.17. The number of amides is 1. The average molecular weight is 310 g/mol. The van der Waals surface area contributed by atoms with Gasteiger partial charge in [-0.3, -0.25) is 9.78 Å². The molecule has 0 bridgehead atoms. The van der Waals surface area contributed by atoms with Gasteiger partial charge in [-0.25, -0.2) is 0 Å². The van der Waals surface area contributed by atoms with Crippen molar-refractivity contribution in [3.63, 3.8) is 0 Å². The van der Waals surface area contributed by atoms with E-state index in [1.807, 2.05) is 24.5 Å². The highest BCUT2D eigenvalue weighted by Crippen LogP contribution is 2.32. The van der Waals surface area contributed by atoms with E-state index in [1.54, 1.807) is 0 Å². The molecule has 2 atom stereocenters. The molecule has 2 fully saturated rings. The van der Waals surface area contributed by atoms with Crippen molar-refractivity contribution < 1.29 is 4.79 Å². The molecule has 1 amide bonds. The quantitative estimate of drug-likeness (QED) is 0.929. The fourth-order valence-corrected chi connectivity index (χ4v) is 3.43. The van der Waals surface area contributed by atoms with Gasteiger partial charge in [0, 0.05) is 25.4 Å². The number of rotatable bonds is 4. The summed E-state index contributed by atoms with van der Waals surface area (Å²) >= 11 is 0. The molecular formula is C16H24ClN3O. The Morgan fingerprint density at radius 1 is 1.33 bits per heavy atom. The number of likely N-dealkylation sites (tertiary alicyclic amines) is 1. The Labute approximate surface area is 132 Å². The van der Waals surface area contributed by atoms with Crippen LogP contribution in [0.3, 0.4) is 0 Å². The third-order valence-electron chi connectivity index (χ3n) is 4.59. The molecule has 0 spiro atoms. The Balaban J connectivity index is 0.00000161. The van der Waals surface area contributed by atoms with Crippen LogP contribution in [0.5, 0.6) is 0 Å². The number of halogens is 1. The van der Waals surface area contributed by atoms with Crippen molar-refractivity contribution in [2.45, 2.75) is 38.1 Å². The first-order valence-corrected chi connectivity index (χ1v) is 7.74. The molecule has 0 aliphatic carbocycles. The lowest BCUT2D eigenvalue weighted by molar-refractivity contribution is -0.132. The number of pyridine rings is 1. The normalized spacial score (nSPS) is 24.9. The van der Waals surface area contributed by atoms with Crippen molar-refractivity contribution in [2.24, 2.45) is 5.92 Å². The van der Waals surface area contributed by atoms with E-state index in [2.05, 4.69) is 15.2 Å². The Morgan fingerprint density at radius 2 is 2.14 bits per heavy atom. The van der Waals surface area contributed by atoms with E-state index in [0.717, 1.165) is 38.9 Å². The van der Waals surface area contributed by atoms with E-state index in [4.69, 9.17) is 0 Å². The van der Waals surface area contributed by atoms with E-state index >= 15 is 0 Å².